The number of benzene rings is 2. The summed E-state index contributed by atoms with van der Waals surface area (Å²) in [5, 5.41) is 9.21. The Hall–Kier alpha value is -2.66. The van der Waals surface area contributed by atoms with Gasteiger partial charge in [-0.3, -0.25) is 0 Å². The Morgan fingerprint density at radius 2 is 1.93 bits per heavy atom. The van der Waals surface area contributed by atoms with Crippen molar-refractivity contribution in [1.29, 1.82) is 0 Å². The SMILES string of the molecule is CCCCC1=Cc2cc(S(C)(=O)=O)ccc2/C1=C\c1cccc(C(=O)O)c1. The van der Waals surface area contributed by atoms with Gasteiger partial charge < -0.3 is 5.11 Å². The summed E-state index contributed by atoms with van der Waals surface area (Å²) < 4.78 is 23.7. The van der Waals surface area contributed by atoms with Crippen LogP contribution in [0.2, 0.25) is 0 Å². The molecule has 0 saturated carbocycles. The Morgan fingerprint density at radius 1 is 1.15 bits per heavy atom. The lowest BCUT2D eigenvalue weighted by molar-refractivity contribution is 0.0697. The summed E-state index contributed by atoms with van der Waals surface area (Å²) in [7, 11) is -3.26. The summed E-state index contributed by atoms with van der Waals surface area (Å²) in [6, 6.07) is 12.0. The van der Waals surface area contributed by atoms with Crippen molar-refractivity contribution in [2.75, 3.05) is 6.26 Å². The molecular weight excluding hydrogens is 360 g/mol. The normalized spacial score (nSPS) is 14.9. The minimum atomic E-state index is -3.26. The third-order valence-corrected chi connectivity index (χ3v) is 5.77. The molecule has 0 unspecified atom stereocenters. The standard InChI is InChI=1S/C22H22O4S/c1-3-4-7-16-13-18-14-19(27(2,25)26)9-10-20(18)21(16)12-15-6-5-8-17(11-15)22(23)24/h5-6,8-14H,3-4,7H2,1-2H3,(H,23,24)/b21-12-. The molecule has 0 saturated heterocycles. The summed E-state index contributed by atoms with van der Waals surface area (Å²) in [5.41, 5.74) is 5.11. The number of rotatable bonds is 6. The lowest BCUT2D eigenvalue weighted by Crippen LogP contribution is -1.98. The number of carboxylic acid groups (broad SMARTS) is 1. The Labute approximate surface area is 159 Å². The third-order valence-electron chi connectivity index (χ3n) is 4.66. The van der Waals surface area contributed by atoms with Crippen molar-refractivity contribution >= 4 is 33.5 Å². The predicted molar refractivity (Wildman–Crippen MR) is 108 cm³/mol. The second kappa shape index (κ2) is 7.53. The summed E-state index contributed by atoms with van der Waals surface area (Å²) in [4.78, 5) is 11.5. The molecule has 1 N–H and O–H groups in total. The molecule has 0 amide bonds. The third kappa shape index (κ3) is 4.19. The molecule has 0 radical (unpaired) electrons. The van der Waals surface area contributed by atoms with Gasteiger partial charge in [-0.15, -0.1) is 0 Å². The molecule has 0 aromatic heterocycles. The predicted octanol–water partition coefficient (Wildman–Crippen LogP) is 4.92. The first-order valence-corrected chi connectivity index (χ1v) is 10.8. The zero-order valence-electron chi connectivity index (χ0n) is 15.4. The van der Waals surface area contributed by atoms with Crippen LogP contribution in [0, 0.1) is 0 Å². The highest BCUT2D eigenvalue weighted by molar-refractivity contribution is 7.90. The van der Waals surface area contributed by atoms with Crippen molar-refractivity contribution in [3.8, 4) is 0 Å². The van der Waals surface area contributed by atoms with Gasteiger partial charge in [-0.05, 0) is 71.0 Å². The van der Waals surface area contributed by atoms with Crippen LogP contribution in [0.25, 0.3) is 17.7 Å². The van der Waals surface area contributed by atoms with E-state index < -0.39 is 15.8 Å². The molecule has 0 atom stereocenters. The van der Waals surface area contributed by atoms with E-state index in [9.17, 15) is 18.3 Å². The number of sulfone groups is 1. The minimum Gasteiger partial charge on any atom is -0.478 e. The molecular formula is C22H22O4S. The monoisotopic (exact) mass is 382 g/mol. The van der Waals surface area contributed by atoms with Crippen LogP contribution in [0.4, 0.5) is 0 Å². The van der Waals surface area contributed by atoms with Gasteiger partial charge in [-0.25, -0.2) is 13.2 Å². The Balaban J connectivity index is 2.09. The summed E-state index contributed by atoms with van der Waals surface area (Å²) in [6.07, 6.45) is 8.23. The maximum atomic E-state index is 11.9. The average Bonchev–Trinajstić information content (AvgIpc) is 2.96. The van der Waals surface area contributed by atoms with E-state index in [0.29, 0.717) is 4.90 Å². The van der Waals surface area contributed by atoms with E-state index in [0.717, 1.165) is 47.1 Å². The molecule has 2 aromatic carbocycles. The molecule has 0 bridgehead atoms. The Bertz CT molecular complexity index is 1060. The highest BCUT2D eigenvalue weighted by Gasteiger charge is 2.20. The summed E-state index contributed by atoms with van der Waals surface area (Å²) in [6.45, 7) is 2.13. The van der Waals surface area contributed by atoms with Crippen LogP contribution in [-0.2, 0) is 9.84 Å². The Kier molecular flexibility index (Phi) is 5.33. The summed E-state index contributed by atoms with van der Waals surface area (Å²) in [5.74, 6) is -0.957. The minimum absolute atomic E-state index is 0.245. The van der Waals surface area contributed by atoms with E-state index in [4.69, 9.17) is 0 Å². The molecule has 0 spiro atoms. The van der Waals surface area contributed by atoms with Crippen LogP contribution in [0.15, 0.2) is 52.9 Å². The number of hydrogen-bond acceptors (Lipinski definition) is 3. The number of carboxylic acids is 1. The van der Waals surface area contributed by atoms with Crippen molar-refractivity contribution < 1.29 is 18.3 Å². The van der Waals surface area contributed by atoms with Crippen molar-refractivity contribution in [1.82, 2.24) is 0 Å². The number of unbranched alkanes of at least 4 members (excludes halogenated alkanes) is 1. The molecule has 4 nitrogen and oxygen atoms in total. The van der Waals surface area contributed by atoms with Crippen molar-refractivity contribution in [2.24, 2.45) is 0 Å². The second-order valence-electron chi connectivity index (χ2n) is 6.78. The van der Waals surface area contributed by atoms with Gasteiger partial charge in [0.05, 0.1) is 10.5 Å². The molecule has 2 aromatic rings. The average molecular weight is 382 g/mol. The fourth-order valence-corrected chi connectivity index (χ4v) is 3.90. The number of fused-ring (bicyclic) bond motifs is 1. The highest BCUT2D eigenvalue weighted by Crippen LogP contribution is 2.40. The van der Waals surface area contributed by atoms with Crippen LogP contribution in [0.3, 0.4) is 0 Å². The lowest BCUT2D eigenvalue weighted by atomic mass is 9.96. The van der Waals surface area contributed by atoms with E-state index in [1.165, 1.54) is 6.26 Å². The van der Waals surface area contributed by atoms with E-state index >= 15 is 0 Å². The maximum Gasteiger partial charge on any atom is 0.335 e. The summed E-state index contributed by atoms with van der Waals surface area (Å²) >= 11 is 0. The number of hydrogen-bond donors (Lipinski definition) is 1. The largest absolute Gasteiger partial charge is 0.478 e. The van der Waals surface area contributed by atoms with Crippen molar-refractivity contribution in [2.45, 2.75) is 31.1 Å². The number of allylic oxidation sites excluding steroid dienone is 2. The molecule has 3 rings (SSSR count). The van der Waals surface area contributed by atoms with E-state index in [1.807, 2.05) is 24.3 Å². The van der Waals surface area contributed by atoms with Gasteiger partial charge in [0.1, 0.15) is 0 Å². The van der Waals surface area contributed by atoms with E-state index in [-0.39, 0.29) is 5.56 Å². The van der Waals surface area contributed by atoms with E-state index in [2.05, 4.69) is 6.92 Å². The Morgan fingerprint density at radius 3 is 2.59 bits per heavy atom. The molecule has 27 heavy (non-hydrogen) atoms. The molecule has 1 aliphatic rings. The van der Waals surface area contributed by atoms with Crippen molar-refractivity contribution in [3.05, 3.63) is 70.3 Å². The lowest BCUT2D eigenvalue weighted by Gasteiger charge is -2.09. The van der Waals surface area contributed by atoms with E-state index in [1.54, 1.807) is 30.3 Å². The molecule has 0 fully saturated rings. The molecule has 0 heterocycles. The van der Waals surface area contributed by atoms with Gasteiger partial charge >= 0.3 is 5.97 Å². The van der Waals surface area contributed by atoms with Gasteiger partial charge in [0, 0.05) is 6.26 Å². The zero-order valence-corrected chi connectivity index (χ0v) is 16.2. The smallest absolute Gasteiger partial charge is 0.335 e. The molecule has 140 valence electrons. The van der Waals surface area contributed by atoms with Gasteiger partial charge in [0.15, 0.2) is 9.84 Å². The van der Waals surface area contributed by atoms with Crippen LogP contribution in [-0.4, -0.2) is 25.7 Å². The topological polar surface area (TPSA) is 71.4 Å². The van der Waals surface area contributed by atoms with Crippen molar-refractivity contribution in [3.63, 3.8) is 0 Å². The quantitative estimate of drug-likeness (QED) is 0.770. The first kappa shape index (κ1) is 19.1. The number of carbonyl (C=O) groups is 1. The molecule has 0 aliphatic heterocycles. The maximum absolute atomic E-state index is 11.9. The number of aromatic carboxylic acids is 1. The fraction of sp³-hybridized carbons (Fsp3) is 0.227. The first-order valence-electron chi connectivity index (χ1n) is 8.90. The zero-order chi connectivity index (χ0) is 19.6. The van der Waals surface area contributed by atoms with Crippen LogP contribution in [0.1, 0.15) is 53.2 Å². The molecule has 1 aliphatic carbocycles. The highest BCUT2D eigenvalue weighted by atomic mass is 32.2. The van der Waals surface area contributed by atoms with Gasteiger partial charge in [0.25, 0.3) is 0 Å². The van der Waals surface area contributed by atoms with Gasteiger partial charge in [-0.1, -0.05) is 37.6 Å². The first-order chi connectivity index (χ1) is 12.8. The van der Waals surface area contributed by atoms with Crippen LogP contribution in [0.5, 0.6) is 0 Å². The van der Waals surface area contributed by atoms with Gasteiger partial charge in [-0.2, -0.15) is 0 Å². The second-order valence-corrected chi connectivity index (χ2v) is 8.80. The van der Waals surface area contributed by atoms with Crippen LogP contribution >= 0.6 is 0 Å². The van der Waals surface area contributed by atoms with Crippen LogP contribution < -0.4 is 0 Å². The van der Waals surface area contributed by atoms with Gasteiger partial charge in [0.2, 0.25) is 0 Å². The fourth-order valence-electron chi connectivity index (χ4n) is 3.25. The molecule has 5 heteroatoms.